The highest BCUT2D eigenvalue weighted by Gasteiger charge is 2.39. The second-order valence-electron chi connectivity index (χ2n) is 9.14. The zero-order valence-corrected chi connectivity index (χ0v) is 21.6. The molecule has 5 N–H and O–H groups in total. The van der Waals surface area contributed by atoms with Crippen molar-refractivity contribution in [2.45, 2.75) is 25.1 Å². The normalized spacial score (nSPS) is 14.4. The van der Waals surface area contributed by atoms with Crippen LogP contribution in [-0.2, 0) is 6.18 Å². The van der Waals surface area contributed by atoms with Gasteiger partial charge in [-0.3, -0.25) is 9.59 Å². The molecule has 0 radical (unpaired) electrons. The molecule has 1 saturated heterocycles. The van der Waals surface area contributed by atoms with Crippen molar-refractivity contribution < 1.29 is 41.6 Å². The highest BCUT2D eigenvalue weighted by Crippen LogP contribution is 2.38. The summed E-state index contributed by atoms with van der Waals surface area (Å²) in [7, 11) is 3.27. The quantitative estimate of drug-likeness (QED) is 0.357. The fourth-order valence-corrected chi connectivity index (χ4v) is 4.14. The molecule has 2 heterocycles. The molecule has 0 atom stereocenters. The number of rotatable bonds is 8. The predicted octanol–water partition coefficient (Wildman–Crippen LogP) is 3.52. The van der Waals surface area contributed by atoms with E-state index in [9.17, 15) is 22.8 Å². The number of alkyl halides is 3. The summed E-state index contributed by atoms with van der Waals surface area (Å²) >= 11 is 0. The maximum Gasteiger partial charge on any atom is 0.425 e. The van der Waals surface area contributed by atoms with Crippen molar-refractivity contribution in [1.82, 2.24) is 15.2 Å². The third-order valence-corrected chi connectivity index (χ3v) is 6.30. The number of hydrogen-bond acceptors (Lipinski definition) is 7. The van der Waals surface area contributed by atoms with Crippen LogP contribution in [0, 0.1) is 5.82 Å². The van der Waals surface area contributed by atoms with Crippen LogP contribution in [0.5, 0.6) is 17.4 Å². The molecule has 1 aliphatic heterocycles. The number of H-pyrrole nitrogens is 1. The van der Waals surface area contributed by atoms with Crippen LogP contribution in [0.25, 0.3) is 0 Å². The molecule has 4 rings (SSSR count). The molecule has 0 unspecified atom stereocenters. The van der Waals surface area contributed by atoms with Gasteiger partial charge in [-0.1, -0.05) is 12.1 Å². The van der Waals surface area contributed by atoms with Crippen LogP contribution in [0.4, 0.5) is 29.2 Å². The molecule has 212 valence electrons. The minimum Gasteiger partial charge on any atom is -0.493 e. The third kappa shape index (κ3) is 6.57. The number of methoxy groups -OCH3 is 1. The van der Waals surface area contributed by atoms with Gasteiger partial charge in [0.25, 0.3) is 11.8 Å². The molecule has 40 heavy (non-hydrogen) atoms. The Morgan fingerprint density at radius 3 is 2.48 bits per heavy atom. The number of primary amides is 1. The first-order valence-electron chi connectivity index (χ1n) is 12.2. The van der Waals surface area contributed by atoms with Gasteiger partial charge in [0, 0.05) is 12.1 Å². The molecule has 1 aromatic heterocycles. The molecule has 2 amide bonds. The maximum absolute atomic E-state index is 15.0. The number of benzene rings is 2. The standard InChI is InChI=1S/C26H26F4N6O4/c1-36-9-7-14(8-10-36)33-23(38)16-11-21(39-2)19(12-18(16)27)34-25-32-13-17(26(28,29)30)24(35-25)40-20-6-4-3-5-15(20)22(31)37/h3-6,11-14H,7-10H2,1-2H3,(H2,31,37)(H,33,38)(H,32,34,35)/p+1. The second-order valence-corrected chi connectivity index (χ2v) is 9.14. The Morgan fingerprint density at radius 1 is 1.12 bits per heavy atom. The molecule has 2 aromatic carbocycles. The van der Waals surface area contributed by atoms with Crippen LogP contribution in [0.15, 0.2) is 42.6 Å². The van der Waals surface area contributed by atoms with E-state index in [1.54, 1.807) is 0 Å². The second kappa shape index (κ2) is 11.7. The lowest BCUT2D eigenvalue weighted by Gasteiger charge is -2.29. The van der Waals surface area contributed by atoms with Gasteiger partial charge in [0.15, 0.2) is 11.3 Å². The Kier molecular flexibility index (Phi) is 8.38. The minimum atomic E-state index is -4.87. The third-order valence-electron chi connectivity index (χ3n) is 6.30. The molecule has 14 heteroatoms. The van der Waals surface area contributed by atoms with Gasteiger partial charge in [0.1, 0.15) is 17.3 Å². The number of para-hydroxylation sites is 1. The number of halogens is 4. The van der Waals surface area contributed by atoms with Crippen LogP contribution in [-0.4, -0.2) is 55.0 Å². The van der Waals surface area contributed by atoms with Crippen LogP contribution in [0.1, 0.15) is 39.1 Å². The Bertz CT molecular complexity index is 1410. The smallest absolute Gasteiger partial charge is 0.425 e. The summed E-state index contributed by atoms with van der Waals surface area (Å²) in [6.45, 7) is 1.60. The van der Waals surface area contributed by atoms with Gasteiger partial charge in [-0.2, -0.15) is 13.2 Å². The van der Waals surface area contributed by atoms with Crippen LogP contribution < -0.4 is 30.8 Å². The van der Waals surface area contributed by atoms with E-state index >= 15 is 4.39 Å². The largest absolute Gasteiger partial charge is 0.493 e. The SMILES string of the molecule is COc1cc(C(=O)NC2CCN(C)CC2)c(F)cc1Nc1nc(Oc2ccccc2C(N)=O)c(C(F)(F)F)c[nH+]1. The molecular formula is C26H27F4N6O4+. The number of amides is 2. The number of carbonyl (C=O) groups is 2. The van der Waals surface area contributed by atoms with Gasteiger partial charge in [-0.15, -0.1) is 0 Å². The molecule has 1 aliphatic rings. The summed E-state index contributed by atoms with van der Waals surface area (Å²) in [4.78, 5) is 32.8. The van der Waals surface area contributed by atoms with E-state index in [1.165, 1.54) is 37.4 Å². The van der Waals surface area contributed by atoms with Crippen molar-refractivity contribution in [2.75, 3.05) is 32.6 Å². The number of aromatic amines is 1. The number of piperidine rings is 1. The van der Waals surface area contributed by atoms with Gasteiger partial charge >= 0.3 is 18.0 Å². The number of nitrogens with zero attached hydrogens (tertiary/aromatic N) is 2. The van der Waals surface area contributed by atoms with E-state index in [1.807, 2.05) is 7.05 Å². The number of aromatic nitrogens is 2. The van der Waals surface area contributed by atoms with E-state index in [4.69, 9.17) is 15.2 Å². The minimum absolute atomic E-state index is 0.0252. The maximum atomic E-state index is 15.0. The van der Waals surface area contributed by atoms with Gasteiger partial charge in [-0.05, 0) is 56.2 Å². The average Bonchev–Trinajstić information content (AvgIpc) is 2.90. The summed E-state index contributed by atoms with van der Waals surface area (Å²) in [6.07, 6.45) is -2.82. The van der Waals surface area contributed by atoms with E-state index in [-0.39, 0.29) is 40.3 Å². The van der Waals surface area contributed by atoms with Crippen molar-refractivity contribution in [3.63, 3.8) is 0 Å². The molecule has 0 saturated carbocycles. The van der Waals surface area contributed by atoms with Crippen molar-refractivity contribution in [3.8, 4) is 17.4 Å². The number of nitrogens with two attached hydrogens (primary N) is 1. The van der Waals surface area contributed by atoms with Crippen LogP contribution in [0.2, 0.25) is 0 Å². The van der Waals surface area contributed by atoms with Crippen LogP contribution >= 0.6 is 0 Å². The van der Waals surface area contributed by atoms with Gasteiger partial charge < -0.3 is 25.4 Å². The number of ether oxygens (including phenoxy) is 2. The first-order chi connectivity index (χ1) is 19.0. The fourth-order valence-electron chi connectivity index (χ4n) is 4.14. The molecule has 3 aromatic rings. The number of nitrogens with one attached hydrogen (secondary N) is 3. The molecule has 0 aliphatic carbocycles. The predicted molar refractivity (Wildman–Crippen MR) is 135 cm³/mol. The number of hydrogen-bond donors (Lipinski definition) is 3. The van der Waals surface area contributed by atoms with Gasteiger partial charge in [-0.25, -0.2) is 14.7 Å². The van der Waals surface area contributed by atoms with Gasteiger partial charge in [0.2, 0.25) is 0 Å². The Hall–Kier alpha value is -4.46. The Labute approximate surface area is 226 Å². The number of carbonyl (C=O) groups excluding carboxylic acids is 2. The molecule has 0 bridgehead atoms. The van der Waals surface area contributed by atoms with Gasteiger partial charge in [0.05, 0.1) is 24.4 Å². The Balaban J connectivity index is 1.62. The zero-order valence-electron chi connectivity index (χ0n) is 21.6. The lowest BCUT2D eigenvalue weighted by molar-refractivity contribution is -0.368. The zero-order chi connectivity index (χ0) is 29.0. The molecular weight excluding hydrogens is 536 g/mol. The monoisotopic (exact) mass is 563 g/mol. The van der Waals surface area contributed by atoms with Crippen molar-refractivity contribution >= 4 is 23.5 Å². The molecule has 1 fully saturated rings. The summed E-state index contributed by atoms with van der Waals surface area (Å²) in [6, 6.07) is 7.52. The Morgan fingerprint density at radius 2 is 1.82 bits per heavy atom. The summed E-state index contributed by atoms with van der Waals surface area (Å²) in [5.74, 6) is -3.78. The lowest BCUT2D eigenvalue weighted by Crippen LogP contribution is -2.43. The topological polar surface area (TPSA) is 133 Å². The first kappa shape index (κ1) is 28.5. The molecule has 0 spiro atoms. The lowest BCUT2D eigenvalue weighted by atomic mass is 10.0. The van der Waals surface area contributed by atoms with E-state index < -0.39 is 35.3 Å². The van der Waals surface area contributed by atoms with Crippen molar-refractivity contribution in [1.29, 1.82) is 0 Å². The summed E-state index contributed by atoms with van der Waals surface area (Å²) in [5.41, 5.74) is 3.60. The summed E-state index contributed by atoms with van der Waals surface area (Å²) in [5, 5.41) is 5.48. The first-order valence-corrected chi connectivity index (χ1v) is 12.2. The van der Waals surface area contributed by atoms with E-state index in [0.29, 0.717) is 6.20 Å². The fraction of sp³-hybridized carbons (Fsp3) is 0.308. The number of anilines is 2. The number of likely N-dealkylation sites (tertiary alicyclic amines) is 1. The van der Waals surface area contributed by atoms with Crippen molar-refractivity contribution in [3.05, 3.63) is 65.1 Å². The highest BCUT2D eigenvalue weighted by molar-refractivity contribution is 5.96. The highest BCUT2D eigenvalue weighted by atomic mass is 19.4. The van der Waals surface area contributed by atoms with Crippen molar-refractivity contribution in [2.24, 2.45) is 5.73 Å². The molecule has 10 nitrogen and oxygen atoms in total. The average molecular weight is 564 g/mol. The summed E-state index contributed by atoms with van der Waals surface area (Å²) < 4.78 is 66.7. The van der Waals surface area contributed by atoms with Crippen LogP contribution in [0.3, 0.4) is 0 Å². The van der Waals surface area contributed by atoms with E-state index in [2.05, 4.69) is 25.5 Å². The van der Waals surface area contributed by atoms with E-state index in [0.717, 1.165) is 32.0 Å².